The van der Waals surface area contributed by atoms with Gasteiger partial charge in [-0.2, -0.15) is 0 Å². The van der Waals surface area contributed by atoms with E-state index in [0.29, 0.717) is 50.8 Å². The Hall–Kier alpha value is -1.86. The zero-order chi connectivity index (χ0) is 29.6. The molecule has 0 aliphatic heterocycles. The van der Waals surface area contributed by atoms with E-state index in [4.69, 9.17) is 0 Å². The van der Waals surface area contributed by atoms with Crippen molar-refractivity contribution in [1.29, 1.82) is 0 Å². The summed E-state index contributed by atoms with van der Waals surface area (Å²) in [4.78, 5) is 30.0. The normalized spacial score (nSPS) is 11.8. The van der Waals surface area contributed by atoms with Crippen molar-refractivity contribution >= 4 is 47.9 Å². The number of rotatable bonds is 16. The van der Waals surface area contributed by atoms with Crippen molar-refractivity contribution < 1.29 is 18.7 Å². The highest BCUT2D eigenvalue weighted by Crippen LogP contribution is 2.56. The van der Waals surface area contributed by atoms with E-state index in [2.05, 4.69) is 9.44 Å². The minimum Gasteiger partial charge on any atom is -0.319 e. The van der Waals surface area contributed by atoms with Crippen LogP contribution in [0.2, 0.25) is 0 Å². The lowest BCUT2D eigenvalue weighted by atomic mass is 10.1. The molecule has 0 radical (unpaired) electrons. The highest BCUT2D eigenvalue weighted by atomic mass is 32.7. The molecule has 2 aromatic rings. The molecule has 0 atom stereocenters. The minimum absolute atomic E-state index is 0.0766. The molecule has 0 heterocycles. The first-order valence-electron chi connectivity index (χ1n) is 13.8. The van der Waals surface area contributed by atoms with Crippen molar-refractivity contribution in [1.82, 2.24) is 19.2 Å². The van der Waals surface area contributed by atoms with Crippen LogP contribution >= 0.6 is 35.8 Å². The van der Waals surface area contributed by atoms with Crippen LogP contribution in [-0.2, 0) is 22.2 Å². The molecule has 40 heavy (non-hydrogen) atoms. The maximum absolute atomic E-state index is 13.3. The maximum Gasteiger partial charge on any atom is 0.328 e. The summed E-state index contributed by atoms with van der Waals surface area (Å²) in [6.45, 7) is 11.0. The SMILES string of the molecule is CCP(=O)(CC)SNC(=O)N(Cc1ccccc1)CC(C)CN(Cc1ccccc1)C(=O)NSP(=O)(CC)CC. The number of amides is 4. The third kappa shape index (κ3) is 11.6. The summed E-state index contributed by atoms with van der Waals surface area (Å²) < 4.78 is 31.4. The van der Waals surface area contributed by atoms with Crippen molar-refractivity contribution in [2.24, 2.45) is 5.92 Å². The Balaban J connectivity index is 2.19. The Morgan fingerprint density at radius 1 is 0.675 bits per heavy atom. The van der Waals surface area contributed by atoms with Gasteiger partial charge in [0.15, 0.2) is 12.7 Å². The van der Waals surface area contributed by atoms with Gasteiger partial charge in [-0.05, 0) is 17.0 Å². The second-order valence-electron chi connectivity index (χ2n) is 9.73. The van der Waals surface area contributed by atoms with Gasteiger partial charge in [-0.15, -0.1) is 0 Å². The largest absolute Gasteiger partial charge is 0.328 e. The number of benzene rings is 2. The first-order valence-corrected chi connectivity index (χ1v) is 20.8. The average Bonchev–Trinajstić information content (AvgIpc) is 2.98. The quantitative estimate of drug-likeness (QED) is 0.145. The van der Waals surface area contributed by atoms with E-state index < -0.39 is 12.7 Å². The predicted octanol–water partition coefficient (Wildman–Crippen LogP) is 7.98. The van der Waals surface area contributed by atoms with Crippen molar-refractivity contribution in [2.45, 2.75) is 47.7 Å². The topological polar surface area (TPSA) is 98.8 Å². The predicted molar refractivity (Wildman–Crippen MR) is 172 cm³/mol. The van der Waals surface area contributed by atoms with Crippen molar-refractivity contribution in [2.75, 3.05) is 37.7 Å². The molecule has 0 bridgehead atoms. The van der Waals surface area contributed by atoms with Gasteiger partial charge in [0.2, 0.25) is 0 Å². The molecule has 2 rings (SSSR count). The van der Waals surface area contributed by atoms with Crippen LogP contribution in [0, 0.1) is 5.92 Å². The third-order valence-electron chi connectivity index (χ3n) is 6.60. The Labute approximate surface area is 248 Å². The van der Waals surface area contributed by atoms with E-state index in [1.54, 1.807) is 9.80 Å². The molecule has 0 saturated heterocycles. The second-order valence-corrected chi connectivity index (χ2v) is 21.4. The Morgan fingerprint density at radius 3 is 1.30 bits per heavy atom. The van der Waals surface area contributed by atoms with Crippen LogP contribution in [0.4, 0.5) is 9.59 Å². The van der Waals surface area contributed by atoms with Gasteiger partial charge >= 0.3 is 12.1 Å². The van der Waals surface area contributed by atoms with E-state index in [9.17, 15) is 18.7 Å². The molecule has 8 nitrogen and oxygen atoms in total. The monoisotopic (exact) mass is 626 g/mol. The molecule has 0 aliphatic carbocycles. The zero-order valence-corrected chi connectivity index (χ0v) is 27.7. The highest BCUT2D eigenvalue weighted by Gasteiger charge is 2.26. The molecule has 0 aromatic heterocycles. The number of hydrogen-bond donors (Lipinski definition) is 2. The molecule has 12 heteroatoms. The Kier molecular flexibility index (Phi) is 14.7. The number of urea groups is 2. The van der Waals surface area contributed by atoms with Crippen LogP contribution in [0.3, 0.4) is 0 Å². The molecule has 0 spiro atoms. The van der Waals surface area contributed by atoms with Gasteiger partial charge < -0.3 is 18.9 Å². The molecule has 222 valence electrons. The first kappa shape index (κ1) is 34.3. The van der Waals surface area contributed by atoms with E-state index in [-0.39, 0.29) is 18.0 Å². The number of carbonyl (C=O) groups excluding carboxylic acids is 2. The van der Waals surface area contributed by atoms with Crippen molar-refractivity contribution in [3.63, 3.8) is 0 Å². The maximum atomic E-state index is 13.3. The fourth-order valence-corrected chi connectivity index (χ4v) is 9.11. The van der Waals surface area contributed by atoms with Gasteiger partial charge in [0.1, 0.15) is 0 Å². The fourth-order valence-electron chi connectivity index (χ4n) is 3.94. The molecule has 0 aliphatic rings. The molecule has 0 unspecified atom stereocenters. The number of hydrogen-bond acceptors (Lipinski definition) is 6. The molecule has 2 aromatic carbocycles. The average molecular weight is 627 g/mol. The first-order chi connectivity index (χ1) is 19.1. The molecular formula is C28H44N4O4P2S2. The van der Waals surface area contributed by atoms with Crippen LogP contribution in [0.5, 0.6) is 0 Å². The Bertz CT molecular complexity index is 1050. The van der Waals surface area contributed by atoms with Crippen LogP contribution in [0.1, 0.15) is 45.7 Å². The van der Waals surface area contributed by atoms with Gasteiger partial charge in [-0.3, -0.25) is 9.44 Å². The summed E-state index contributed by atoms with van der Waals surface area (Å²) in [5, 5.41) is 0. The summed E-state index contributed by atoms with van der Waals surface area (Å²) in [7, 11) is 0. The lowest BCUT2D eigenvalue weighted by Gasteiger charge is -2.31. The summed E-state index contributed by atoms with van der Waals surface area (Å²) in [5.41, 5.74) is 1.96. The van der Waals surface area contributed by atoms with Crippen LogP contribution in [0.25, 0.3) is 0 Å². The van der Waals surface area contributed by atoms with Gasteiger partial charge in [-0.25, -0.2) is 9.59 Å². The van der Waals surface area contributed by atoms with Gasteiger partial charge in [-0.1, -0.05) is 95.3 Å². The van der Waals surface area contributed by atoms with Gasteiger partial charge in [0, 0.05) is 74.0 Å². The molecule has 4 amide bonds. The van der Waals surface area contributed by atoms with Crippen LogP contribution < -0.4 is 9.44 Å². The van der Waals surface area contributed by atoms with Gasteiger partial charge in [0.25, 0.3) is 0 Å². The lowest BCUT2D eigenvalue weighted by Crippen LogP contribution is -2.44. The standard InChI is InChI=1S/C28H44N4O4P2S2/c1-6-37(35,7-2)39-29-27(33)31(22-25-16-12-10-13-17-25)20-24(5)21-32(23-26-18-14-11-15-19-26)28(34)30-40-38(36,8-3)9-4/h10-19,24H,6-9,20-23H2,1-5H3,(H,29,33)(H,30,34). The highest BCUT2D eigenvalue weighted by molar-refractivity contribution is 8.57. The molecular weight excluding hydrogens is 582 g/mol. The summed E-state index contributed by atoms with van der Waals surface area (Å²) >= 11 is 2.08. The van der Waals surface area contributed by atoms with E-state index >= 15 is 0 Å². The second kappa shape index (κ2) is 17.2. The lowest BCUT2D eigenvalue weighted by molar-refractivity contribution is 0.170. The number of nitrogens with one attached hydrogen (secondary N) is 2. The van der Waals surface area contributed by atoms with E-state index in [1.165, 1.54) is 0 Å². The summed E-state index contributed by atoms with van der Waals surface area (Å²) in [6.07, 6.45) is -3.01. The summed E-state index contributed by atoms with van der Waals surface area (Å²) in [6, 6.07) is 18.8. The molecule has 2 N–H and O–H groups in total. The van der Waals surface area contributed by atoms with Gasteiger partial charge in [0.05, 0.1) is 0 Å². The van der Waals surface area contributed by atoms with Crippen LogP contribution in [-0.4, -0.2) is 59.6 Å². The minimum atomic E-state index is -2.52. The smallest absolute Gasteiger partial charge is 0.319 e. The van der Waals surface area contributed by atoms with E-state index in [0.717, 1.165) is 34.3 Å². The van der Waals surface area contributed by atoms with Crippen molar-refractivity contribution in [3.05, 3.63) is 71.8 Å². The molecule has 0 saturated carbocycles. The Morgan fingerprint density at radius 2 is 1.00 bits per heavy atom. The zero-order valence-electron chi connectivity index (χ0n) is 24.2. The van der Waals surface area contributed by atoms with E-state index in [1.807, 2.05) is 95.3 Å². The van der Waals surface area contributed by atoms with Crippen molar-refractivity contribution in [3.8, 4) is 0 Å². The number of nitrogens with zero attached hydrogens (tertiary/aromatic N) is 2. The number of carbonyl (C=O) groups is 2. The fraction of sp³-hybridized carbons (Fsp3) is 0.500. The summed E-state index contributed by atoms with van der Waals surface area (Å²) in [5.74, 6) is -0.0766. The molecule has 0 fully saturated rings. The third-order valence-corrected chi connectivity index (χ3v) is 17.3. The van der Waals surface area contributed by atoms with Crippen LogP contribution in [0.15, 0.2) is 60.7 Å².